The predicted molar refractivity (Wildman–Crippen MR) is 177 cm³/mol. The SMILES string of the molecule is C1=CC(c2nc(-c3ccccc3)nc(N3c4ccccc4C4C=CC5C6CCC=CC6N(C6=CCCCC6)C5C43)n2)CCC1. The Morgan fingerprint density at radius 3 is 2.45 bits per heavy atom. The lowest BCUT2D eigenvalue weighted by Gasteiger charge is -2.44. The predicted octanol–water partition coefficient (Wildman–Crippen LogP) is 8.63. The fraction of sp³-hybridized carbons (Fsp3) is 0.410. The summed E-state index contributed by atoms with van der Waals surface area (Å²) in [6, 6.07) is 20.6. The molecule has 7 atom stereocenters. The summed E-state index contributed by atoms with van der Waals surface area (Å²) in [5.41, 5.74) is 5.28. The fourth-order valence-electron chi connectivity index (χ4n) is 9.25. The van der Waals surface area contributed by atoms with Crippen molar-refractivity contribution in [3.8, 4) is 11.4 Å². The van der Waals surface area contributed by atoms with Crippen molar-refractivity contribution in [2.45, 2.75) is 87.7 Å². The Kier molecular flexibility index (Phi) is 6.53. The highest BCUT2D eigenvalue weighted by molar-refractivity contribution is 5.72. The van der Waals surface area contributed by atoms with Crippen LogP contribution < -0.4 is 4.90 Å². The maximum Gasteiger partial charge on any atom is 0.234 e. The summed E-state index contributed by atoms with van der Waals surface area (Å²) in [4.78, 5) is 21.3. The largest absolute Gasteiger partial charge is 0.363 e. The van der Waals surface area contributed by atoms with E-state index in [1.807, 2.05) is 0 Å². The summed E-state index contributed by atoms with van der Waals surface area (Å²) in [7, 11) is 0. The summed E-state index contributed by atoms with van der Waals surface area (Å²) in [6.07, 6.45) is 28.2. The molecule has 0 saturated carbocycles. The van der Waals surface area contributed by atoms with Gasteiger partial charge in [0, 0.05) is 34.7 Å². The molecule has 222 valence electrons. The van der Waals surface area contributed by atoms with Crippen LogP contribution in [0.2, 0.25) is 0 Å². The Morgan fingerprint density at radius 1 is 0.705 bits per heavy atom. The molecule has 1 saturated heterocycles. The van der Waals surface area contributed by atoms with Crippen LogP contribution in [-0.2, 0) is 0 Å². The number of anilines is 2. The first-order valence-corrected chi connectivity index (χ1v) is 17.0. The molecule has 3 aromatic rings. The van der Waals surface area contributed by atoms with Crippen molar-refractivity contribution in [2.24, 2.45) is 11.8 Å². The van der Waals surface area contributed by atoms with Gasteiger partial charge in [-0.05, 0) is 75.3 Å². The molecular weight excluding hydrogens is 538 g/mol. The van der Waals surface area contributed by atoms with E-state index in [1.165, 1.54) is 56.2 Å². The van der Waals surface area contributed by atoms with E-state index in [0.717, 1.165) is 36.0 Å². The Morgan fingerprint density at radius 2 is 1.59 bits per heavy atom. The molecule has 4 aliphatic carbocycles. The standard InChI is InChI=1S/C39H41N5/c1-4-14-26(15-5-1)37-40-38(27-16-6-2-7-17-27)42-39(41-37)44-34-23-13-11-21-30(34)32-25-24-31-29-20-10-12-22-33(29)43(35(31)36(32)44)28-18-8-3-9-19-28/h1,4-6,11-16,18,21-25,27,29,31-33,35-36H,2-3,7-10,17,19-20H2. The van der Waals surface area contributed by atoms with Gasteiger partial charge in [0.15, 0.2) is 5.82 Å². The third kappa shape index (κ3) is 4.22. The molecule has 0 spiro atoms. The summed E-state index contributed by atoms with van der Waals surface area (Å²) >= 11 is 0. The normalized spacial score (nSPS) is 31.7. The first-order valence-electron chi connectivity index (χ1n) is 17.0. The summed E-state index contributed by atoms with van der Waals surface area (Å²) in [5.74, 6) is 4.19. The maximum absolute atomic E-state index is 5.38. The molecule has 2 aliphatic heterocycles. The third-order valence-corrected chi connectivity index (χ3v) is 11.2. The molecule has 9 rings (SSSR count). The summed E-state index contributed by atoms with van der Waals surface area (Å²) in [6.45, 7) is 0. The second-order valence-electron chi connectivity index (χ2n) is 13.6. The molecule has 5 heteroatoms. The molecule has 44 heavy (non-hydrogen) atoms. The van der Waals surface area contributed by atoms with Gasteiger partial charge in [0.25, 0.3) is 0 Å². The van der Waals surface area contributed by atoms with E-state index >= 15 is 0 Å². The molecule has 1 aromatic heterocycles. The number of fused-ring (bicyclic) bond motifs is 7. The first-order chi connectivity index (χ1) is 21.8. The Hall–Kier alpha value is -3.99. The molecule has 0 N–H and O–H groups in total. The molecule has 0 amide bonds. The van der Waals surface area contributed by atoms with Crippen LogP contribution in [0.4, 0.5) is 11.6 Å². The van der Waals surface area contributed by atoms with E-state index in [-0.39, 0.29) is 12.0 Å². The molecule has 2 aromatic carbocycles. The van der Waals surface area contributed by atoms with Crippen molar-refractivity contribution in [3.63, 3.8) is 0 Å². The van der Waals surface area contributed by atoms with Crippen LogP contribution in [0.5, 0.6) is 0 Å². The van der Waals surface area contributed by atoms with E-state index < -0.39 is 0 Å². The zero-order chi connectivity index (χ0) is 29.0. The van der Waals surface area contributed by atoms with Crippen molar-refractivity contribution in [3.05, 3.63) is 114 Å². The zero-order valence-electron chi connectivity index (χ0n) is 25.4. The number of likely N-dealkylation sites (tertiary alicyclic amines) is 1. The Bertz CT molecular complexity index is 1670. The van der Waals surface area contributed by atoms with Crippen LogP contribution in [0.1, 0.15) is 81.0 Å². The molecule has 0 bridgehead atoms. The number of nitrogens with zero attached hydrogens (tertiary/aromatic N) is 5. The number of benzene rings is 2. The second-order valence-corrected chi connectivity index (χ2v) is 13.6. The number of rotatable bonds is 4. The number of para-hydroxylation sites is 1. The van der Waals surface area contributed by atoms with Crippen molar-refractivity contribution >= 4 is 11.6 Å². The zero-order valence-corrected chi connectivity index (χ0v) is 25.4. The monoisotopic (exact) mass is 579 g/mol. The number of hydrogen-bond donors (Lipinski definition) is 0. The Balaban J connectivity index is 1.23. The van der Waals surface area contributed by atoms with Gasteiger partial charge in [-0.2, -0.15) is 9.97 Å². The van der Waals surface area contributed by atoms with Gasteiger partial charge in [-0.15, -0.1) is 0 Å². The van der Waals surface area contributed by atoms with Gasteiger partial charge >= 0.3 is 0 Å². The van der Waals surface area contributed by atoms with Crippen LogP contribution in [0.25, 0.3) is 11.4 Å². The minimum absolute atomic E-state index is 0.226. The first kappa shape index (κ1) is 26.4. The smallest absolute Gasteiger partial charge is 0.234 e. The van der Waals surface area contributed by atoms with Gasteiger partial charge in [-0.25, -0.2) is 4.98 Å². The van der Waals surface area contributed by atoms with E-state index in [1.54, 1.807) is 5.70 Å². The second kappa shape index (κ2) is 10.9. The van der Waals surface area contributed by atoms with Crippen LogP contribution in [-0.4, -0.2) is 38.0 Å². The molecule has 1 fully saturated rings. The van der Waals surface area contributed by atoms with Gasteiger partial charge < -0.3 is 9.80 Å². The lowest BCUT2D eigenvalue weighted by Crippen LogP contribution is -2.52. The molecule has 6 aliphatic rings. The lowest BCUT2D eigenvalue weighted by molar-refractivity contribution is 0.209. The van der Waals surface area contributed by atoms with E-state index in [9.17, 15) is 0 Å². The minimum atomic E-state index is 0.226. The summed E-state index contributed by atoms with van der Waals surface area (Å²) in [5, 5.41) is 0. The third-order valence-electron chi connectivity index (χ3n) is 11.2. The van der Waals surface area contributed by atoms with Crippen molar-refractivity contribution < 1.29 is 0 Å². The van der Waals surface area contributed by atoms with Gasteiger partial charge in [0.1, 0.15) is 5.82 Å². The number of aromatic nitrogens is 3. The topological polar surface area (TPSA) is 45.2 Å². The van der Waals surface area contributed by atoms with Crippen LogP contribution in [0.3, 0.4) is 0 Å². The van der Waals surface area contributed by atoms with Crippen molar-refractivity contribution in [2.75, 3.05) is 4.90 Å². The quantitative estimate of drug-likeness (QED) is 0.290. The van der Waals surface area contributed by atoms with Gasteiger partial charge in [0.05, 0.1) is 18.1 Å². The molecular formula is C39H41N5. The van der Waals surface area contributed by atoms with Crippen LogP contribution in [0, 0.1) is 11.8 Å². The van der Waals surface area contributed by atoms with E-state index in [4.69, 9.17) is 15.0 Å². The summed E-state index contributed by atoms with van der Waals surface area (Å²) < 4.78 is 0. The average molecular weight is 580 g/mol. The molecule has 7 unspecified atom stereocenters. The van der Waals surface area contributed by atoms with Gasteiger partial charge in [-0.1, -0.05) is 91.1 Å². The minimum Gasteiger partial charge on any atom is -0.363 e. The fourth-order valence-corrected chi connectivity index (χ4v) is 9.25. The molecule has 0 radical (unpaired) electrons. The van der Waals surface area contributed by atoms with E-state index in [2.05, 4.69) is 107 Å². The highest BCUT2D eigenvalue weighted by Gasteiger charge is 2.58. The highest BCUT2D eigenvalue weighted by atomic mass is 15.4. The van der Waals surface area contributed by atoms with Gasteiger partial charge in [0.2, 0.25) is 5.95 Å². The molecule has 3 heterocycles. The average Bonchev–Trinajstić information content (AvgIpc) is 3.62. The van der Waals surface area contributed by atoms with Crippen LogP contribution in [0.15, 0.2) is 103 Å². The van der Waals surface area contributed by atoms with Crippen molar-refractivity contribution in [1.82, 2.24) is 19.9 Å². The lowest BCUT2D eigenvalue weighted by atomic mass is 9.73. The van der Waals surface area contributed by atoms with Crippen molar-refractivity contribution in [1.29, 1.82) is 0 Å². The molecule has 5 nitrogen and oxygen atoms in total. The Labute approximate surface area is 261 Å². The van der Waals surface area contributed by atoms with Crippen LogP contribution >= 0.6 is 0 Å². The number of allylic oxidation sites excluding steroid dienone is 5. The maximum atomic E-state index is 5.38. The van der Waals surface area contributed by atoms with Gasteiger partial charge in [-0.3, -0.25) is 0 Å². The highest BCUT2D eigenvalue weighted by Crippen LogP contribution is 2.57. The van der Waals surface area contributed by atoms with E-state index in [0.29, 0.717) is 29.8 Å². The number of hydrogen-bond acceptors (Lipinski definition) is 5.